The summed E-state index contributed by atoms with van der Waals surface area (Å²) >= 11 is 7.65. The maximum atomic E-state index is 13.1. The highest BCUT2D eigenvalue weighted by Crippen LogP contribution is 2.33. The Morgan fingerprint density at radius 1 is 1.23 bits per heavy atom. The molecule has 1 saturated heterocycles. The first-order valence-corrected chi connectivity index (χ1v) is 12.8. The van der Waals surface area contributed by atoms with Crippen LogP contribution in [0.15, 0.2) is 53.0 Å². The van der Waals surface area contributed by atoms with Crippen molar-refractivity contribution in [1.82, 2.24) is 20.0 Å². The van der Waals surface area contributed by atoms with E-state index in [4.69, 9.17) is 16.3 Å². The van der Waals surface area contributed by atoms with Gasteiger partial charge in [0.2, 0.25) is 0 Å². The maximum Gasteiger partial charge on any atom is 0.338 e. The number of likely N-dealkylation sites (N-methyl/N-ethyl adjacent to an activating group) is 1. The van der Waals surface area contributed by atoms with E-state index in [0.717, 1.165) is 4.88 Å². The zero-order chi connectivity index (χ0) is 25.1. The van der Waals surface area contributed by atoms with E-state index in [1.807, 2.05) is 35.4 Å². The Kier molecular flexibility index (Phi) is 7.78. The molecule has 0 aliphatic carbocycles. The minimum absolute atomic E-state index is 0.0172. The van der Waals surface area contributed by atoms with Crippen molar-refractivity contribution in [1.29, 1.82) is 0 Å². The average Bonchev–Trinajstić information content (AvgIpc) is 3.37. The van der Waals surface area contributed by atoms with Crippen LogP contribution in [0.2, 0.25) is 5.02 Å². The number of nitrogens with zero attached hydrogens (tertiary/aromatic N) is 3. The molecule has 2 unspecified atom stereocenters. The van der Waals surface area contributed by atoms with Gasteiger partial charge < -0.3 is 15.0 Å². The van der Waals surface area contributed by atoms with Crippen molar-refractivity contribution in [3.63, 3.8) is 0 Å². The number of hydrogen-bond acceptors (Lipinski definition) is 6. The molecule has 8 nitrogen and oxygen atoms in total. The largest absolute Gasteiger partial charge is 0.463 e. The lowest BCUT2D eigenvalue weighted by Gasteiger charge is -2.42. The first kappa shape index (κ1) is 25.2. The number of rotatable bonds is 6. The van der Waals surface area contributed by atoms with Crippen LogP contribution in [0, 0.1) is 0 Å². The van der Waals surface area contributed by atoms with E-state index in [-0.39, 0.29) is 24.6 Å². The van der Waals surface area contributed by atoms with E-state index in [0.29, 0.717) is 48.0 Å². The number of piperazine rings is 1. The highest BCUT2D eigenvalue weighted by molar-refractivity contribution is 7.12. The molecular weight excluding hydrogens is 488 g/mol. The second-order valence-corrected chi connectivity index (χ2v) is 10.0. The molecule has 2 aromatic rings. The number of ether oxygens (including phenoxy) is 1. The number of carbonyl (C=O) groups is 3. The Balaban J connectivity index is 1.62. The molecule has 0 bridgehead atoms. The Labute approximate surface area is 214 Å². The number of esters is 1. The molecule has 1 aromatic carbocycles. The zero-order valence-electron chi connectivity index (χ0n) is 20.0. The monoisotopic (exact) mass is 516 g/mol. The van der Waals surface area contributed by atoms with Crippen molar-refractivity contribution in [3.05, 3.63) is 68.5 Å². The summed E-state index contributed by atoms with van der Waals surface area (Å²) in [4.78, 5) is 45.2. The standard InChI is InChI=1S/C25H29ClN4O4S/c1-4-34-24(32)21-19(28(3)25(33)27-22(21)17-7-5-8-18(26)13-17)15-29-10-11-30(16(2)14-29)23(31)20-9-6-12-35-20/h5-9,12-13,16,22H,4,10-11,14-15H2,1-3H3,(H,27,33). The Hall–Kier alpha value is -2.88. The van der Waals surface area contributed by atoms with Crippen LogP contribution in [0.1, 0.15) is 35.1 Å². The van der Waals surface area contributed by atoms with Gasteiger partial charge in [0, 0.05) is 50.0 Å². The van der Waals surface area contributed by atoms with Crippen molar-refractivity contribution in [2.45, 2.75) is 25.9 Å². The lowest BCUT2D eigenvalue weighted by molar-refractivity contribution is -0.139. The molecule has 35 heavy (non-hydrogen) atoms. The smallest absolute Gasteiger partial charge is 0.338 e. The Morgan fingerprint density at radius 2 is 2.03 bits per heavy atom. The topological polar surface area (TPSA) is 82.2 Å². The number of benzene rings is 1. The summed E-state index contributed by atoms with van der Waals surface area (Å²) in [5.74, 6) is -0.437. The molecule has 2 aliphatic rings. The lowest BCUT2D eigenvalue weighted by Crippen LogP contribution is -2.56. The summed E-state index contributed by atoms with van der Waals surface area (Å²) < 4.78 is 5.40. The third-order valence-electron chi connectivity index (χ3n) is 6.33. The predicted molar refractivity (Wildman–Crippen MR) is 135 cm³/mol. The number of urea groups is 1. The quantitative estimate of drug-likeness (QED) is 0.591. The van der Waals surface area contributed by atoms with Crippen LogP contribution in [-0.2, 0) is 9.53 Å². The van der Waals surface area contributed by atoms with Gasteiger partial charge in [-0.15, -0.1) is 11.3 Å². The first-order valence-electron chi connectivity index (χ1n) is 11.6. The van der Waals surface area contributed by atoms with Gasteiger partial charge in [-0.25, -0.2) is 9.59 Å². The number of hydrogen-bond donors (Lipinski definition) is 1. The number of amides is 3. The van der Waals surface area contributed by atoms with Gasteiger partial charge in [-0.2, -0.15) is 0 Å². The summed E-state index contributed by atoms with van der Waals surface area (Å²) in [6.45, 7) is 6.17. The molecule has 0 saturated carbocycles. The molecule has 3 heterocycles. The van der Waals surface area contributed by atoms with Gasteiger partial charge in [0.25, 0.3) is 5.91 Å². The summed E-state index contributed by atoms with van der Waals surface area (Å²) in [6, 6.07) is 9.82. The average molecular weight is 517 g/mol. The Bertz CT molecular complexity index is 1140. The van der Waals surface area contributed by atoms with E-state index in [1.165, 1.54) is 16.2 Å². The molecular formula is C25H29ClN4O4S. The molecule has 4 rings (SSSR count). The molecule has 2 atom stereocenters. The van der Waals surface area contributed by atoms with E-state index in [1.54, 1.807) is 32.2 Å². The minimum atomic E-state index is -0.675. The molecule has 1 N–H and O–H groups in total. The van der Waals surface area contributed by atoms with Gasteiger partial charge in [0.15, 0.2) is 0 Å². The maximum absolute atomic E-state index is 13.1. The number of carbonyl (C=O) groups excluding carboxylic acids is 3. The fourth-order valence-electron chi connectivity index (χ4n) is 4.57. The number of nitrogens with one attached hydrogen (secondary N) is 1. The summed E-state index contributed by atoms with van der Waals surface area (Å²) in [7, 11) is 1.65. The second-order valence-electron chi connectivity index (χ2n) is 8.64. The third-order valence-corrected chi connectivity index (χ3v) is 7.43. The molecule has 2 aliphatic heterocycles. The third kappa shape index (κ3) is 5.37. The van der Waals surface area contributed by atoms with Gasteiger partial charge in [0.05, 0.1) is 23.1 Å². The minimum Gasteiger partial charge on any atom is -0.463 e. The molecule has 186 valence electrons. The van der Waals surface area contributed by atoms with Crippen LogP contribution in [0.5, 0.6) is 0 Å². The molecule has 10 heteroatoms. The first-order chi connectivity index (χ1) is 16.8. The lowest BCUT2D eigenvalue weighted by atomic mass is 9.94. The highest BCUT2D eigenvalue weighted by atomic mass is 35.5. The van der Waals surface area contributed by atoms with Crippen molar-refractivity contribution < 1.29 is 19.1 Å². The van der Waals surface area contributed by atoms with Crippen LogP contribution in [0.25, 0.3) is 0 Å². The molecule has 1 aromatic heterocycles. The molecule has 0 spiro atoms. The fourth-order valence-corrected chi connectivity index (χ4v) is 5.44. The molecule has 0 radical (unpaired) electrons. The molecule has 1 fully saturated rings. The number of halogens is 1. The summed E-state index contributed by atoms with van der Waals surface area (Å²) in [5, 5.41) is 5.33. The van der Waals surface area contributed by atoms with Gasteiger partial charge >= 0.3 is 12.0 Å². The summed E-state index contributed by atoms with van der Waals surface area (Å²) in [5.41, 5.74) is 1.68. The predicted octanol–water partition coefficient (Wildman–Crippen LogP) is 3.76. The van der Waals surface area contributed by atoms with Crippen LogP contribution in [-0.4, -0.2) is 78.5 Å². The SMILES string of the molecule is CCOC(=O)C1=C(CN2CCN(C(=O)c3cccs3)C(C)C2)N(C)C(=O)NC1c1cccc(Cl)c1. The van der Waals surface area contributed by atoms with E-state index in [9.17, 15) is 14.4 Å². The summed E-state index contributed by atoms with van der Waals surface area (Å²) in [6.07, 6.45) is 0. The molecule has 3 amide bonds. The second kappa shape index (κ2) is 10.8. The van der Waals surface area contributed by atoms with E-state index >= 15 is 0 Å². The van der Waals surface area contributed by atoms with Crippen LogP contribution in [0.4, 0.5) is 4.79 Å². The van der Waals surface area contributed by atoms with Crippen LogP contribution in [0.3, 0.4) is 0 Å². The van der Waals surface area contributed by atoms with Crippen molar-refractivity contribution in [2.75, 3.05) is 39.8 Å². The Morgan fingerprint density at radius 3 is 2.69 bits per heavy atom. The van der Waals surface area contributed by atoms with Gasteiger partial charge in [-0.3, -0.25) is 14.6 Å². The normalized spacial score (nSPS) is 21.2. The van der Waals surface area contributed by atoms with E-state index < -0.39 is 12.0 Å². The highest BCUT2D eigenvalue weighted by Gasteiger charge is 2.38. The van der Waals surface area contributed by atoms with E-state index in [2.05, 4.69) is 10.2 Å². The van der Waals surface area contributed by atoms with Crippen molar-refractivity contribution in [2.24, 2.45) is 0 Å². The van der Waals surface area contributed by atoms with Crippen molar-refractivity contribution >= 4 is 40.8 Å². The van der Waals surface area contributed by atoms with Crippen LogP contribution >= 0.6 is 22.9 Å². The van der Waals surface area contributed by atoms with Gasteiger partial charge in [0.1, 0.15) is 0 Å². The van der Waals surface area contributed by atoms with Crippen molar-refractivity contribution in [3.8, 4) is 0 Å². The van der Waals surface area contributed by atoms with Gasteiger partial charge in [-0.05, 0) is 43.0 Å². The zero-order valence-corrected chi connectivity index (χ0v) is 21.6. The van der Waals surface area contributed by atoms with Crippen LogP contribution < -0.4 is 5.32 Å². The number of thiophene rings is 1. The van der Waals surface area contributed by atoms with Gasteiger partial charge in [-0.1, -0.05) is 29.8 Å². The fraction of sp³-hybridized carbons (Fsp3) is 0.400.